The zero-order valence-electron chi connectivity index (χ0n) is 10.8. The van der Waals surface area contributed by atoms with E-state index in [1.165, 1.54) is 6.07 Å². The van der Waals surface area contributed by atoms with Crippen molar-refractivity contribution in [2.75, 3.05) is 6.61 Å². The summed E-state index contributed by atoms with van der Waals surface area (Å²) >= 11 is 0. The first-order valence-corrected chi connectivity index (χ1v) is 5.60. The molecular weight excluding hydrogens is 227 g/mol. The van der Waals surface area contributed by atoms with Crippen molar-refractivity contribution in [1.29, 1.82) is 0 Å². The minimum atomic E-state index is -1.16. The molecule has 0 radical (unpaired) electrons. The van der Waals surface area contributed by atoms with E-state index >= 15 is 0 Å². The van der Waals surface area contributed by atoms with E-state index in [9.17, 15) is 9.90 Å². The molecule has 4 heteroatoms. The Kier molecular flexibility index (Phi) is 8.30. The van der Waals surface area contributed by atoms with Gasteiger partial charge in [0.15, 0.2) is 0 Å². The van der Waals surface area contributed by atoms with E-state index in [2.05, 4.69) is 6.92 Å². The average Bonchev–Trinajstić information content (AvgIpc) is 2.26. The predicted molar refractivity (Wildman–Crippen MR) is 60.5 cm³/mol. The second kappa shape index (κ2) is 8.56. The molecule has 0 bridgehead atoms. The molecule has 0 aliphatic heterocycles. The summed E-state index contributed by atoms with van der Waals surface area (Å²) in [5.41, 5.74) is 0.840. The molecule has 1 rings (SSSR count). The average molecular weight is 244 g/mol. The van der Waals surface area contributed by atoms with Crippen molar-refractivity contribution in [3.05, 3.63) is 29.3 Å². The maximum atomic E-state index is 10.8. The van der Waals surface area contributed by atoms with Gasteiger partial charge >= 0.3 is 29.6 Å². The van der Waals surface area contributed by atoms with Crippen molar-refractivity contribution >= 4 is 5.97 Å². The Morgan fingerprint density at radius 2 is 2.06 bits per heavy atom. The predicted octanol–water partition coefficient (Wildman–Crippen LogP) is -1.07. The van der Waals surface area contributed by atoms with Crippen LogP contribution in [0, 0.1) is 6.92 Å². The van der Waals surface area contributed by atoms with Crippen molar-refractivity contribution in [2.24, 2.45) is 0 Å². The van der Waals surface area contributed by atoms with Crippen LogP contribution in [0.1, 0.15) is 42.1 Å². The molecule has 1 aromatic carbocycles. The van der Waals surface area contributed by atoms with Crippen LogP contribution in [0.25, 0.3) is 0 Å². The Labute approximate surface area is 124 Å². The molecule has 1 aromatic rings. The van der Waals surface area contributed by atoms with Crippen molar-refractivity contribution in [1.82, 2.24) is 0 Å². The van der Waals surface area contributed by atoms with Gasteiger partial charge in [0, 0.05) is 11.1 Å². The Balaban J connectivity index is 0.00000256. The molecule has 17 heavy (non-hydrogen) atoms. The van der Waals surface area contributed by atoms with Gasteiger partial charge in [0.05, 0.1) is 12.6 Å². The third-order valence-electron chi connectivity index (χ3n) is 2.51. The van der Waals surface area contributed by atoms with E-state index in [1.807, 2.05) is 0 Å². The zero-order valence-corrected chi connectivity index (χ0v) is 12.8. The van der Waals surface area contributed by atoms with Crippen LogP contribution in [0.4, 0.5) is 0 Å². The molecule has 0 aliphatic rings. The monoisotopic (exact) mass is 244 g/mol. The molecule has 0 saturated heterocycles. The summed E-state index contributed by atoms with van der Waals surface area (Å²) in [5, 5.41) is 10.8. The first-order valence-electron chi connectivity index (χ1n) is 5.60. The fourth-order valence-electron chi connectivity index (χ4n) is 1.53. The smallest absolute Gasteiger partial charge is 0.545 e. The van der Waals surface area contributed by atoms with E-state index in [1.54, 1.807) is 19.1 Å². The van der Waals surface area contributed by atoms with E-state index in [-0.39, 0.29) is 35.1 Å². The van der Waals surface area contributed by atoms with Gasteiger partial charge in [-0.1, -0.05) is 31.9 Å². The first-order chi connectivity index (χ1) is 7.66. The Morgan fingerprint density at radius 1 is 1.35 bits per heavy atom. The summed E-state index contributed by atoms with van der Waals surface area (Å²) in [6.45, 7) is 4.49. The van der Waals surface area contributed by atoms with Crippen molar-refractivity contribution in [2.45, 2.75) is 33.1 Å². The summed E-state index contributed by atoms with van der Waals surface area (Å²) in [6.07, 6.45) is 3.26. The first kappa shape index (κ1) is 16.5. The van der Waals surface area contributed by atoms with Gasteiger partial charge in [0.2, 0.25) is 0 Å². The number of carbonyl (C=O) groups excluding carboxylic acids is 1. The number of benzene rings is 1. The summed E-state index contributed by atoms with van der Waals surface area (Å²) in [4.78, 5) is 10.8. The van der Waals surface area contributed by atoms with Crippen LogP contribution in [0.2, 0.25) is 0 Å². The quantitative estimate of drug-likeness (QED) is 0.473. The largest absolute Gasteiger partial charge is 1.00 e. The molecule has 0 spiro atoms. The third kappa shape index (κ3) is 5.11. The second-order valence-electron chi connectivity index (χ2n) is 3.77. The van der Waals surface area contributed by atoms with Gasteiger partial charge in [-0.25, -0.2) is 0 Å². The van der Waals surface area contributed by atoms with Gasteiger partial charge < -0.3 is 14.6 Å². The number of rotatable bonds is 6. The number of ether oxygens (including phenoxy) is 1. The zero-order chi connectivity index (χ0) is 12.0. The Morgan fingerprint density at radius 3 is 2.65 bits per heavy atom. The number of hydrogen-bond acceptors (Lipinski definition) is 3. The Hall–Kier alpha value is -0.510. The van der Waals surface area contributed by atoms with Crippen LogP contribution in [0.5, 0.6) is 5.75 Å². The van der Waals surface area contributed by atoms with Crippen molar-refractivity contribution < 1.29 is 44.2 Å². The summed E-state index contributed by atoms with van der Waals surface area (Å²) < 4.78 is 5.54. The van der Waals surface area contributed by atoms with Crippen LogP contribution in [-0.2, 0) is 0 Å². The van der Waals surface area contributed by atoms with Crippen LogP contribution in [0.3, 0.4) is 0 Å². The van der Waals surface area contributed by atoms with Crippen LogP contribution in [-0.4, -0.2) is 12.6 Å². The fourth-order valence-corrected chi connectivity index (χ4v) is 1.53. The van der Waals surface area contributed by atoms with Crippen LogP contribution in [0.15, 0.2) is 18.2 Å². The van der Waals surface area contributed by atoms with Crippen LogP contribution < -0.4 is 39.4 Å². The van der Waals surface area contributed by atoms with Crippen molar-refractivity contribution in [3.8, 4) is 5.75 Å². The number of hydrogen-bond donors (Lipinski definition) is 0. The molecule has 3 nitrogen and oxygen atoms in total. The van der Waals surface area contributed by atoms with Gasteiger partial charge in [0.25, 0.3) is 0 Å². The molecule has 0 fully saturated rings. The minimum Gasteiger partial charge on any atom is -0.545 e. The third-order valence-corrected chi connectivity index (χ3v) is 2.51. The van der Waals surface area contributed by atoms with Crippen molar-refractivity contribution in [3.63, 3.8) is 0 Å². The number of carbonyl (C=O) groups is 1. The number of aromatic carboxylic acids is 1. The van der Waals surface area contributed by atoms with E-state index in [0.29, 0.717) is 17.9 Å². The maximum absolute atomic E-state index is 10.8. The van der Waals surface area contributed by atoms with E-state index < -0.39 is 5.97 Å². The van der Waals surface area contributed by atoms with Gasteiger partial charge in [-0.2, -0.15) is 0 Å². The van der Waals surface area contributed by atoms with Crippen LogP contribution >= 0.6 is 0 Å². The number of carboxylic acid groups (broad SMARTS) is 1. The molecule has 0 heterocycles. The Bertz CT molecular complexity index is 364. The number of unbranched alkanes of at least 4 members (excludes halogenated alkanes) is 2. The van der Waals surface area contributed by atoms with E-state index in [0.717, 1.165) is 19.3 Å². The number of carboxylic acids is 1. The van der Waals surface area contributed by atoms with Gasteiger partial charge in [-0.05, 0) is 19.4 Å². The molecule has 0 N–H and O–H groups in total. The standard InChI is InChI=1S/C13H18O3.Na/c1-3-4-5-9-16-12-8-6-7-11(10(12)2)13(14)15;/h6-8H,3-5,9H2,1-2H3,(H,14,15);/q;+1/p-1. The topological polar surface area (TPSA) is 49.4 Å². The molecule has 0 amide bonds. The van der Waals surface area contributed by atoms with Gasteiger partial charge in [-0.3, -0.25) is 0 Å². The minimum absolute atomic E-state index is 0. The molecule has 0 unspecified atom stereocenters. The molecule has 0 atom stereocenters. The summed E-state index contributed by atoms with van der Waals surface area (Å²) in [5.74, 6) is -0.519. The molecule has 0 aliphatic carbocycles. The van der Waals surface area contributed by atoms with Gasteiger partial charge in [0.1, 0.15) is 5.75 Å². The summed E-state index contributed by atoms with van der Waals surface area (Å²) in [7, 11) is 0. The SMILES string of the molecule is CCCCCOc1cccc(C(=O)[O-])c1C.[Na+]. The summed E-state index contributed by atoms with van der Waals surface area (Å²) in [6, 6.07) is 4.99. The fraction of sp³-hybridized carbons (Fsp3) is 0.462. The second-order valence-corrected chi connectivity index (χ2v) is 3.77. The molecule has 0 aromatic heterocycles. The van der Waals surface area contributed by atoms with Gasteiger partial charge in [-0.15, -0.1) is 0 Å². The molecule has 88 valence electrons. The maximum Gasteiger partial charge on any atom is 1.00 e. The molecule has 0 saturated carbocycles. The normalized spacial score (nSPS) is 9.53. The molecular formula is C13H17NaO3. The van der Waals surface area contributed by atoms with E-state index in [4.69, 9.17) is 4.74 Å².